The molecule has 2 nitrogen and oxygen atoms in total. The fourth-order valence-corrected chi connectivity index (χ4v) is 3.66. The normalized spacial score (nSPS) is 25.0. The summed E-state index contributed by atoms with van der Waals surface area (Å²) in [6, 6.07) is 0. The van der Waals surface area contributed by atoms with Gasteiger partial charge in [-0.2, -0.15) is 8.78 Å². The van der Waals surface area contributed by atoms with Crippen molar-refractivity contribution >= 4 is 21.9 Å². The number of hydrogen-bond acceptors (Lipinski definition) is 2. The number of halogens is 3. The van der Waals surface area contributed by atoms with E-state index in [0.29, 0.717) is 12.8 Å². The maximum Gasteiger partial charge on any atom is 0.340 e. The number of alkyl halides is 3. The highest BCUT2D eigenvalue weighted by molar-refractivity contribution is 9.10. The maximum absolute atomic E-state index is 13.8. The lowest BCUT2D eigenvalue weighted by molar-refractivity contribution is -0.197. The van der Waals surface area contributed by atoms with Crippen molar-refractivity contribution in [2.75, 3.05) is 0 Å². The molecule has 2 aliphatic rings. The molecule has 0 aliphatic heterocycles. The van der Waals surface area contributed by atoms with E-state index in [-0.39, 0.29) is 18.8 Å². The highest BCUT2D eigenvalue weighted by Gasteiger charge is 2.55. The van der Waals surface area contributed by atoms with Crippen molar-refractivity contribution in [1.82, 2.24) is 0 Å². The van der Waals surface area contributed by atoms with Crippen LogP contribution in [-0.2, 0) is 9.53 Å². The lowest BCUT2D eigenvalue weighted by Crippen LogP contribution is -2.50. The van der Waals surface area contributed by atoms with E-state index < -0.39 is 16.4 Å². The lowest BCUT2D eigenvalue weighted by atomic mass is 9.84. The maximum atomic E-state index is 13.8. The number of ether oxygens (including phenoxy) is 1. The minimum Gasteiger partial charge on any atom is -0.451 e. The Hall–Kier alpha value is -0.190. The van der Waals surface area contributed by atoms with Gasteiger partial charge in [0.1, 0.15) is 0 Å². The molecule has 0 heterocycles. The molecule has 0 aromatic heterocycles. The van der Waals surface area contributed by atoms with Crippen LogP contribution in [0.5, 0.6) is 0 Å². The fraction of sp³-hybridized carbons (Fsp3) is 0.929. The van der Waals surface area contributed by atoms with Gasteiger partial charge in [-0.25, -0.2) is 0 Å². The van der Waals surface area contributed by atoms with Crippen molar-refractivity contribution in [2.45, 2.75) is 74.6 Å². The minimum absolute atomic E-state index is 0.178. The second kappa shape index (κ2) is 6.06. The van der Waals surface area contributed by atoms with Crippen molar-refractivity contribution < 1.29 is 18.3 Å². The van der Waals surface area contributed by atoms with E-state index in [0.717, 1.165) is 38.5 Å². The van der Waals surface area contributed by atoms with Gasteiger partial charge in [-0.05, 0) is 54.5 Å². The highest BCUT2D eigenvalue weighted by Crippen LogP contribution is 2.47. The zero-order valence-corrected chi connectivity index (χ0v) is 12.7. The first kappa shape index (κ1) is 15.2. The van der Waals surface area contributed by atoms with Gasteiger partial charge < -0.3 is 4.74 Å². The van der Waals surface area contributed by atoms with Crippen LogP contribution >= 0.6 is 15.9 Å². The predicted molar refractivity (Wildman–Crippen MR) is 72.4 cm³/mol. The SMILES string of the molecule is O=C(OC1(C(F)(F)Br)CCCCC1)C1CCCCC1. The molecule has 0 aromatic carbocycles. The van der Waals surface area contributed by atoms with E-state index in [4.69, 9.17) is 4.74 Å². The molecular formula is C14H21BrF2O2. The van der Waals surface area contributed by atoms with Crippen molar-refractivity contribution in [1.29, 1.82) is 0 Å². The smallest absolute Gasteiger partial charge is 0.340 e. The average molecular weight is 339 g/mol. The van der Waals surface area contributed by atoms with E-state index >= 15 is 0 Å². The van der Waals surface area contributed by atoms with Gasteiger partial charge in [-0.1, -0.05) is 25.7 Å². The Balaban J connectivity index is 2.05. The first-order valence-electron chi connectivity index (χ1n) is 7.24. The lowest BCUT2D eigenvalue weighted by Gasteiger charge is -2.40. The van der Waals surface area contributed by atoms with Crippen molar-refractivity contribution in [3.05, 3.63) is 0 Å². The van der Waals surface area contributed by atoms with E-state index in [1.54, 1.807) is 0 Å². The third-order valence-electron chi connectivity index (χ3n) is 4.41. The Labute approximate surface area is 121 Å². The van der Waals surface area contributed by atoms with Gasteiger partial charge >= 0.3 is 10.8 Å². The zero-order chi connectivity index (χ0) is 13.9. The molecule has 2 fully saturated rings. The predicted octanol–water partition coefficient (Wildman–Crippen LogP) is 4.80. The largest absolute Gasteiger partial charge is 0.451 e. The van der Waals surface area contributed by atoms with Crippen LogP contribution in [0.1, 0.15) is 64.2 Å². The monoisotopic (exact) mass is 338 g/mol. The van der Waals surface area contributed by atoms with Crippen LogP contribution in [0.2, 0.25) is 0 Å². The van der Waals surface area contributed by atoms with Gasteiger partial charge in [0.05, 0.1) is 5.92 Å². The molecule has 2 rings (SSSR count). The molecule has 0 radical (unpaired) electrons. The summed E-state index contributed by atoms with van der Waals surface area (Å²) in [5.41, 5.74) is -1.63. The molecule has 0 amide bonds. The van der Waals surface area contributed by atoms with Crippen molar-refractivity contribution in [2.24, 2.45) is 5.92 Å². The van der Waals surface area contributed by atoms with Gasteiger partial charge in [0.2, 0.25) is 0 Å². The number of esters is 1. The van der Waals surface area contributed by atoms with E-state index in [1.165, 1.54) is 0 Å². The van der Waals surface area contributed by atoms with Gasteiger partial charge in [-0.3, -0.25) is 4.79 Å². The highest BCUT2D eigenvalue weighted by atomic mass is 79.9. The Morgan fingerprint density at radius 3 is 2.11 bits per heavy atom. The second-order valence-corrected chi connectivity index (χ2v) is 6.80. The first-order chi connectivity index (χ1) is 8.95. The summed E-state index contributed by atoms with van der Waals surface area (Å²) in [6.45, 7) is 0. The molecule has 0 unspecified atom stereocenters. The summed E-state index contributed by atoms with van der Waals surface area (Å²) < 4.78 is 33.0. The number of carbonyl (C=O) groups excluding carboxylic acids is 1. The van der Waals surface area contributed by atoms with Crippen LogP contribution in [0.25, 0.3) is 0 Å². The van der Waals surface area contributed by atoms with Gasteiger partial charge in [0.15, 0.2) is 5.60 Å². The number of rotatable bonds is 3. The summed E-state index contributed by atoms with van der Waals surface area (Å²) in [7, 11) is 0. The summed E-state index contributed by atoms with van der Waals surface area (Å²) in [5, 5.41) is 0. The van der Waals surface area contributed by atoms with Crippen LogP contribution in [0.4, 0.5) is 8.78 Å². The molecule has 0 spiro atoms. The molecule has 19 heavy (non-hydrogen) atoms. The summed E-state index contributed by atoms with van der Waals surface area (Å²) in [4.78, 5) is 9.01. The number of hydrogen-bond donors (Lipinski definition) is 0. The fourth-order valence-electron chi connectivity index (χ4n) is 3.18. The van der Waals surface area contributed by atoms with Gasteiger partial charge in [0, 0.05) is 0 Å². The van der Waals surface area contributed by atoms with Crippen LogP contribution in [0.15, 0.2) is 0 Å². The average Bonchev–Trinajstić information content (AvgIpc) is 2.39. The van der Waals surface area contributed by atoms with Crippen LogP contribution in [-0.4, -0.2) is 16.4 Å². The Morgan fingerprint density at radius 2 is 1.58 bits per heavy atom. The third-order valence-corrected chi connectivity index (χ3v) is 5.13. The molecule has 0 aromatic rings. The van der Waals surface area contributed by atoms with E-state index in [1.807, 2.05) is 0 Å². The number of carbonyl (C=O) groups is 1. The van der Waals surface area contributed by atoms with Gasteiger partial charge in [-0.15, -0.1) is 0 Å². The van der Waals surface area contributed by atoms with Crippen LogP contribution in [0, 0.1) is 5.92 Å². The molecule has 2 saturated carbocycles. The van der Waals surface area contributed by atoms with Crippen molar-refractivity contribution in [3.8, 4) is 0 Å². The second-order valence-electron chi connectivity index (χ2n) is 5.81. The Morgan fingerprint density at radius 1 is 1.05 bits per heavy atom. The summed E-state index contributed by atoms with van der Waals surface area (Å²) >= 11 is 2.44. The molecule has 0 saturated heterocycles. The quantitative estimate of drug-likeness (QED) is 0.545. The standard InChI is InChI=1S/C14H21BrF2O2/c15-14(16,17)13(9-5-2-6-10-13)19-12(18)11-7-3-1-4-8-11/h11H,1-10H2. The van der Waals surface area contributed by atoms with Crippen LogP contribution < -0.4 is 0 Å². The third kappa shape index (κ3) is 3.47. The van der Waals surface area contributed by atoms with E-state index in [2.05, 4.69) is 15.9 Å². The van der Waals surface area contributed by atoms with Crippen LogP contribution in [0.3, 0.4) is 0 Å². The first-order valence-corrected chi connectivity index (χ1v) is 8.03. The zero-order valence-electron chi connectivity index (χ0n) is 11.1. The topological polar surface area (TPSA) is 26.3 Å². The molecule has 0 N–H and O–H groups in total. The summed E-state index contributed by atoms with van der Waals surface area (Å²) in [6.07, 6.45) is 7.52. The Kier molecular flexibility index (Phi) is 4.85. The molecule has 110 valence electrons. The molecule has 5 heteroatoms. The molecule has 0 bridgehead atoms. The molecular weight excluding hydrogens is 318 g/mol. The molecule has 2 aliphatic carbocycles. The van der Waals surface area contributed by atoms with Gasteiger partial charge in [0.25, 0.3) is 0 Å². The Bertz CT molecular complexity index is 316. The van der Waals surface area contributed by atoms with E-state index in [9.17, 15) is 13.6 Å². The summed E-state index contributed by atoms with van der Waals surface area (Å²) in [5.74, 6) is -0.594. The van der Waals surface area contributed by atoms with Crippen molar-refractivity contribution in [3.63, 3.8) is 0 Å². The molecule has 0 atom stereocenters. The minimum atomic E-state index is -3.13.